The van der Waals surface area contributed by atoms with Crippen molar-refractivity contribution >= 4 is 29.0 Å². The second-order valence-corrected chi connectivity index (χ2v) is 6.63. The molecule has 0 aromatic carbocycles. The Morgan fingerprint density at radius 1 is 1.35 bits per heavy atom. The summed E-state index contributed by atoms with van der Waals surface area (Å²) >= 11 is 2.83. The highest BCUT2D eigenvalue weighted by atomic mass is 32.2. The van der Waals surface area contributed by atoms with E-state index in [1.807, 2.05) is 19.1 Å². The molecule has 3 aromatic heterocycles. The van der Waals surface area contributed by atoms with E-state index in [-0.39, 0.29) is 11.7 Å². The first-order valence-corrected chi connectivity index (χ1v) is 8.69. The monoisotopic (exact) mass is 346 g/mol. The highest BCUT2D eigenvalue weighted by Gasteiger charge is 2.12. The van der Waals surface area contributed by atoms with Gasteiger partial charge in [0.2, 0.25) is 5.91 Å². The molecule has 6 nitrogen and oxygen atoms in total. The molecule has 0 bridgehead atoms. The molecule has 8 heteroatoms. The maximum absolute atomic E-state index is 11.9. The number of carbonyl (C=O) groups excluding carboxylic acids is 1. The van der Waals surface area contributed by atoms with Crippen molar-refractivity contribution < 1.29 is 9.21 Å². The van der Waals surface area contributed by atoms with Crippen molar-refractivity contribution in [3.8, 4) is 10.8 Å². The zero-order valence-corrected chi connectivity index (χ0v) is 14.0. The summed E-state index contributed by atoms with van der Waals surface area (Å²) < 4.78 is 5.34. The third-order valence-electron chi connectivity index (χ3n) is 2.95. The Morgan fingerprint density at radius 3 is 2.91 bits per heavy atom. The van der Waals surface area contributed by atoms with Crippen LogP contribution in [-0.2, 0) is 11.3 Å². The number of hydrogen-bond acceptors (Lipinski definition) is 7. The second-order valence-electron chi connectivity index (χ2n) is 4.60. The van der Waals surface area contributed by atoms with E-state index in [2.05, 4.69) is 20.3 Å². The standard InChI is InChI=1S/C15H14N4O2S2/c1-10-12(23-14(19-10)11-4-2-7-21-11)8-18-13(20)9-22-15-16-5-3-6-17-15/h2-7H,8-9H2,1H3,(H,18,20). The lowest BCUT2D eigenvalue weighted by molar-refractivity contribution is -0.118. The van der Waals surface area contributed by atoms with E-state index in [1.54, 1.807) is 24.7 Å². The van der Waals surface area contributed by atoms with Crippen LogP contribution in [0.4, 0.5) is 0 Å². The predicted molar refractivity (Wildman–Crippen MR) is 89.2 cm³/mol. The molecular weight excluding hydrogens is 332 g/mol. The average Bonchev–Trinajstić information content (AvgIpc) is 3.21. The number of nitrogens with zero attached hydrogens (tertiary/aromatic N) is 3. The summed E-state index contributed by atoms with van der Waals surface area (Å²) in [6.45, 7) is 2.39. The van der Waals surface area contributed by atoms with Crippen molar-refractivity contribution in [1.29, 1.82) is 0 Å². The van der Waals surface area contributed by atoms with Gasteiger partial charge in [0.25, 0.3) is 0 Å². The summed E-state index contributed by atoms with van der Waals surface area (Å²) in [5, 5.41) is 4.31. The molecular formula is C15H14N4O2S2. The zero-order chi connectivity index (χ0) is 16.1. The molecule has 0 aliphatic carbocycles. The summed E-state index contributed by atoms with van der Waals surface area (Å²) in [4.78, 5) is 25.5. The van der Waals surface area contributed by atoms with Crippen LogP contribution in [-0.4, -0.2) is 26.6 Å². The van der Waals surface area contributed by atoms with E-state index in [0.717, 1.165) is 21.3 Å². The highest BCUT2D eigenvalue weighted by Crippen LogP contribution is 2.28. The second kappa shape index (κ2) is 7.38. The average molecular weight is 346 g/mol. The van der Waals surface area contributed by atoms with Gasteiger partial charge in [-0.1, -0.05) is 11.8 Å². The number of thioether (sulfide) groups is 1. The van der Waals surface area contributed by atoms with E-state index in [0.29, 0.717) is 11.7 Å². The molecule has 1 N–H and O–H groups in total. The van der Waals surface area contributed by atoms with Gasteiger partial charge < -0.3 is 9.73 Å². The van der Waals surface area contributed by atoms with Crippen molar-refractivity contribution in [2.45, 2.75) is 18.6 Å². The van der Waals surface area contributed by atoms with Crippen LogP contribution in [0, 0.1) is 6.92 Å². The molecule has 0 fully saturated rings. The van der Waals surface area contributed by atoms with Gasteiger partial charge in [-0.3, -0.25) is 4.79 Å². The molecule has 0 saturated heterocycles. The Morgan fingerprint density at radius 2 is 2.17 bits per heavy atom. The molecule has 23 heavy (non-hydrogen) atoms. The van der Waals surface area contributed by atoms with Gasteiger partial charge in [0.1, 0.15) is 0 Å². The van der Waals surface area contributed by atoms with Crippen LogP contribution in [0.25, 0.3) is 10.8 Å². The molecule has 0 aliphatic heterocycles. The number of thiazole rings is 1. The molecule has 0 atom stereocenters. The summed E-state index contributed by atoms with van der Waals surface area (Å²) in [6.07, 6.45) is 4.94. The SMILES string of the molecule is Cc1nc(-c2ccco2)sc1CNC(=O)CSc1ncccn1. The van der Waals surface area contributed by atoms with E-state index < -0.39 is 0 Å². The van der Waals surface area contributed by atoms with E-state index in [9.17, 15) is 4.79 Å². The Hall–Kier alpha value is -2.19. The smallest absolute Gasteiger partial charge is 0.230 e. The van der Waals surface area contributed by atoms with Crippen LogP contribution in [0.15, 0.2) is 46.4 Å². The van der Waals surface area contributed by atoms with E-state index >= 15 is 0 Å². The Balaban J connectivity index is 1.53. The number of rotatable bonds is 6. The lowest BCUT2D eigenvalue weighted by atomic mass is 10.4. The number of furan rings is 1. The fourth-order valence-corrected chi connectivity index (χ4v) is 3.42. The van der Waals surface area contributed by atoms with Crippen molar-refractivity contribution in [3.63, 3.8) is 0 Å². The van der Waals surface area contributed by atoms with Crippen LogP contribution in [0.1, 0.15) is 10.6 Å². The molecule has 3 aromatic rings. The van der Waals surface area contributed by atoms with Gasteiger partial charge in [0, 0.05) is 17.3 Å². The third kappa shape index (κ3) is 4.17. The molecule has 1 amide bonds. The van der Waals surface area contributed by atoms with Crippen molar-refractivity contribution in [3.05, 3.63) is 47.4 Å². The minimum Gasteiger partial charge on any atom is -0.462 e. The van der Waals surface area contributed by atoms with Gasteiger partial charge in [0.15, 0.2) is 15.9 Å². The summed E-state index contributed by atoms with van der Waals surface area (Å²) in [6, 6.07) is 5.45. The van der Waals surface area contributed by atoms with Gasteiger partial charge in [-0.05, 0) is 25.1 Å². The van der Waals surface area contributed by atoms with E-state index in [1.165, 1.54) is 23.1 Å². The Bertz CT molecular complexity index is 772. The number of aryl methyl sites for hydroxylation is 1. The predicted octanol–water partition coefficient (Wildman–Crippen LogP) is 2.91. The third-order valence-corrected chi connectivity index (χ3v) is 4.99. The number of nitrogens with one attached hydrogen (secondary N) is 1. The molecule has 3 rings (SSSR count). The van der Waals surface area contributed by atoms with Crippen molar-refractivity contribution in [2.24, 2.45) is 0 Å². The first kappa shape index (κ1) is 15.7. The largest absolute Gasteiger partial charge is 0.462 e. The lowest BCUT2D eigenvalue weighted by Crippen LogP contribution is -2.24. The molecule has 118 valence electrons. The molecule has 3 heterocycles. The first-order chi connectivity index (χ1) is 11.2. The fourth-order valence-electron chi connectivity index (χ4n) is 1.82. The summed E-state index contributed by atoms with van der Waals surface area (Å²) in [5.41, 5.74) is 0.903. The van der Waals surface area contributed by atoms with Crippen LogP contribution in [0.3, 0.4) is 0 Å². The normalized spacial score (nSPS) is 10.7. The Labute approximate surface area is 141 Å². The van der Waals surface area contributed by atoms with Crippen LogP contribution in [0.5, 0.6) is 0 Å². The quantitative estimate of drug-likeness (QED) is 0.546. The van der Waals surface area contributed by atoms with Gasteiger partial charge in [-0.2, -0.15) is 0 Å². The Kier molecular flexibility index (Phi) is 5.04. The van der Waals surface area contributed by atoms with Crippen molar-refractivity contribution in [1.82, 2.24) is 20.3 Å². The van der Waals surface area contributed by atoms with Gasteiger partial charge >= 0.3 is 0 Å². The maximum atomic E-state index is 11.9. The van der Waals surface area contributed by atoms with Crippen LogP contribution >= 0.6 is 23.1 Å². The topological polar surface area (TPSA) is 80.9 Å². The molecule has 0 unspecified atom stereocenters. The summed E-state index contributed by atoms with van der Waals surface area (Å²) in [7, 11) is 0. The molecule has 0 spiro atoms. The van der Waals surface area contributed by atoms with Gasteiger partial charge in [-0.25, -0.2) is 15.0 Å². The molecule has 0 radical (unpaired) electrons. The number of carbonyl (C=O) groups is 1. The van der Waals surface area contributed by atoms with E-state index in [4.69, 9.17) is 4.42 Å². The van der Waals surface area contributed by atoms with Crippen LogP contribution in [0.2, 0.25) is 0 Å². The van der Waals surface area contributed by atoms with Crippen molar-refractivity contribution in [2.75, 3.05) is 5.75 Å². The highest BCUT2D eigenvalue weighted by molar-refractivity contribution is 7.99. The molecule has 0 saturated carbocycles. The maximum Gasteiger partial charge on any atom is 0.230 e. The van der Waals surface area contributed by atoms with Gasteiger partial charge in [0.05, 0.1) is 24.3 Å². The first-order valence-electron chi connectivity index (χ1n) is 6.89. The lowest BCUT2D eigenvalue weighted by Gasteiger charge is -2.03. The number of amides is 1. The summed E-state index contributed by atoms with van der Waals surface area (Å²) in [5.74, 6) is 0.967. The zero-order valence-electron chi connectivity index (χ0n) is 12.4. The minimum atomic E-state index is -0.0604. The van der Waals surface area contributed by atoms with Crippen LogP contribution < -0.4 is 5.32 Å². The number of hydrogen-bond donors (Lipinski definition) is 1. The molecule has 0 aliphatic rings. The fraction of sp³-hybridized carbons (Fsp3) is 0.200. The van der Waals surface area contributed by atoms with Gasteiger partial charge in [-0.15, -0.1) is 11.3 Å². The minimum absolute atomic E-state index is 0.0604. The number of aromatic nitrogens is 3.